The summed E-state index contributed by atoms with van der Waals surface area (Å²) >= 11 is 0. The highest BCUT2D eigenvalue weighted by atomic mass is 19.1. The molecular weight excluding hydrogens is 407 g/mol. The minimum Gasteiger partial charge on any atom is -0.375 e. The summed E-state index contributed by atoms with van der Waals surface area (Å²) in [6.45, 7) is 11.1. The molecule has 1 aromatic carbocycles. The Labute approximate surface area is 189 Å². The van der Waals surface area contributed by atoms with Crippen LogP contribution in [0.1, 0.15) is 19.4 Å². The van der Waals surface area contributed by atoms with Crippen LogP contribution in [0.15, 0.2) is 47.6 Å². The second kappa shape index (κ2) is 10.6. The fourth-order valence-corrected chi connectivity index (χ4v) is 4.18. The number of anilines is 2. The molecule has 0 saturated carbocycles. The van der Waals surface area contributed by atoms with Gasteiger partial charge in [0.05, 0.1) is 24.9 Å². The molecule has 0 spiro atoms. The summed E-state index contributed by atoms with van der Waals surface area (Å²) in [7, 11) is 0. The van der Waals surface area contributed by atoms with Gasteiger partial charge >= 0.3 is 0 Å². The van der Waals surface area contributed by atoms with Crippen molar-refractivity contribution in [3.05, 3.63) is 54.0 Å². The molecule has 3 heterocycles. The van der Waals surface area contributed by atoms with E-state index in [1.165, 1.54) is 6.07 Å². The van der Waals surface area contributed by atoms with Crippen LogP contribution in [0.4, 0.5) is 15.9 Å². The molecule has 1 unspecified atom stereocenters. The summed E-state index contributed by atoms with van der Waals surface area (Å²) in [5, 5.41) is 3.40. The molecule has 1 N–H and O–H groups in total. The maximum Gasteiger partial charge on any atom is 0.194 e. The van der Waals surface area contributed by atoms with E-state index in [0.29, 0.717) is 12.2 Å². The molecule has 8 heteroatoms. The Bertz CT molecular complexity index is 898. The second-order valence-electron chi connectivity index (χ2n) is 8.25. The average molecular weight is 441 g/mol. The first-order valence-electron chi connectivity index (χ1n) is 11.5. The van der Waals surface area contributed by atoms with Crippen LogP contribution in [-0.4, -0.2) is 74.4 Å². The summed E-state index contributed by atoms with van der Waals surface area (Å²) in [6, 6.07) is 11.2. The Morgan fingerprint density at radius 3 is 2.62 bits per heavy atom. The molecule has 0 amide bonds. The number of hydrogen-bond acceptors (Lipinski definition) is 5. The zero-order valence-electron chi connectivity index (χ0n) is 19.0. The van der Waals surface area contributed by atoms with Crippen LogP contribution < -0.4 is 15.1 Å². The van der Waals surface area contributed by atoms with Crippen LogP contribution in [-0.2, 0) is 11.3 Å². The molecule has 0 radical (unpaired) electrons. The van der Waals surface area contributed by atoms with Crippen molar-refractivity contribution < 1.29 is 9.13 Å². The Kier molecular flexibility index (Phi) is 7.42. The lowest BCUT2D eigenvalue weighted by molar-refractivity contribution is 0.0529. The van der Waals surface area contributed by atoms with Crippen LogP contribution >= 0.6 is 0 Å². The number of guanidine groups is 1. The van der Waals surface area contributed by atoms with Gasteiger partial charge < -0.3 is 24.8 Å². The Morgan fingerprint density at radius 2 is 1.94 bits per heavy atom. The lowest BCUT2D eigenvalue weighted by Gasteiger charge is -2.37. The number of nitrogens with one attached hydrogen (secondary N) is 1. The van der Waals surface area contributed by atoms with Gasteiger partial charge in [-0.2, -0.15) is 0 Å². The summed E-state index contributed by atoms with van der Waals surface area (Å²) < 4.78 is 19.7. The van der Waals surface area contributed by atoms with Crippen LogP contribution in [0.3, 0.4) is 0 Å². The van der Waals surface area contributed by atoms with Gasteiger partial charge in [-0.15, -0.1) is 0 Å². The minimum atomic E-state index is -0.163. The number of rotatable bonds is 5. The SMILES string of the molecule is CCNC(=NCc1ccc(N2CCOC(C)C2)nc1)N1CCN(c2ccccc2F)CC1. The Balaban J connectivity index is 1.35. The number of hydrogen-bond donors (Lipinski definition) is 1. The van der Waals surface area contributed by atoms with Crippen LogP contribution in [0.2, 0.25) is 0 Å². The van der Waals surface area contributed by atoms with Crippen molar-refractivity contribution in [1.29, 1.82) is 0 Å². The van der Waals surface area contributed by atoms with Gasteiger partial charge in [0.1, 0.15) is 11.6 Å². The molecule has 0 aliphatic carbocycles. The monoisotopic (exact) mass is 440 g/mol. The van der Waals surface area contributed by atoms with Gasteiger partial charge in [-0.1, -0.05) is 18.2 Å². The fourth-order valence-electron chi connectivity index (χ4n) is 4.18. The molecular formula is C24H33FN6O. The van der Waals surface area contributed by atoms with Crippen molar-refractivity contribution in [1.82, 2.24) is 15.2 Å². The van der Waals surface area contributed by atoms with E-state index < -0.39 is 0 Å². The zero-order valence-corrected chi connectivity index (χ0v) is 19.0. The average Bonchev–Trinajstić information content (AvgIpc) is 2.83. The third-order valence-electron chi connectivity index (χ3n) is 5.89. The molecule has 1 atom stereocenters. The topological polar surface area (TPSA) is 56.2 Å². The number of aliphatic imine (C=N–C) groups is 1. The molecule has 32 heavy (non-hydrogen) atoms. The molecule has 4 rings (SSSR count). The molecule has 7 nitrogen and oxygen atoms in total. The number of ether oxygens (including phenoxy) is 1. The smallest absolute Gasteiger partial charge is 0.194 e. The maximum absolute atomic E-state index is 14.1. The van der Waals surface area contributed by atoms with Gasteiger partial charge in [0.15, 0.2) is 5.96 Å². The van der Waals surface area contributed by atoms with E-state index in [0.717, 1.165) is 69.8 Å². The molecule has 0 bridgehead atoms. The van der Waals surface area contributed by atoms with Gasteiger partial charge in [-0.3, -0.25) is 0 Å². The summed E-state index contributed by atoms with van der Waals surface area (Å²) in [5.74, 6) is 1.72. The quantitative estimate of drug-likeness (QED) is 0.570. The lowest BCUT2D eigenvalue weighted by atomic mass is 10.2. The largest absolute Gasteiger partial charge is 0.375 e. The van der Waals surface area contributed by atoms with Gasteiger partial charge in [-0.25, -0.2) is 14.4 Å². The molecule has 2 saturated heterocycles. The van der Waals surface area contributed by atoms with Gasteiger partial charge in [0.25, 0.3) is 0 Å². The molecule has 2 aromatic rings. The van der Waals surface area contributed by atoms with Crippen LogP contribution in [0.25, 0.3) is 0 Å². The van der Waals surface area contributed by atoms with Crippen LogP contribution in [0.5, 0.6) is 0 Å². The summed E-state index contributed by atoms with van der Waals surface area (Å²) in [4.78, 5) is 16.1. The highest BCUT2D eigenvalue weighted by molar-refractivity contribution is 5.80. The number of benzene rings is 1. The maximum atomic E-state index is 14.1. The number of aromatic nitrogens is 1. The third-order valence-corrected chi connectivity index (χ3v) is 5.89. The van der Waals surface area contributed by atoms with E-state index in [4.69, 9.17) is 9.73 Å². The first-order chi connectivity index (χ1) is 15.6. The van der Waals surface area contributed by atoms with Crippen LogP contribution in [0, 0.1) is 5.82 Å². The molecule has 2 fully saturated rings. The van der Waals surface area contributed by atoms with Gasteiger partial charge in [0, 0.05) is 52.0 Å². The van der Waals surface area contributed by atoms with Crippen molar-refractivity contribution in [3.63, 3.8) is 0 Å². The molecule has 2 aliphatic rings. The normalized spacial score (nSPS) is 19.9. The van der Waals surface area contributed by atoms with E-state index in [9.17, 15) is 4.39 Å². The second-order valence-corrected chi connectivity index (χ2v) is 8.25. The number of nitrogens with zero attached hydrogens (tertiary/aromatic N) is 5. The van der Waals surface area contributed by atoms with Crippen molar-refractivity contribution >= 4 is 17.5 Å². The number of halogens is 1. The predicted octanol–water partition coefficient (Wildman–Crippen LogP) is 2.73. The fraction of sp³-hybridized carbons (Fsp3) is 0.500. The number of morpholine rings is 1. The number of pyridine rings is 1. The highest BCUT2D eigenvalue weighted by Gasteiger charge is 2.21. The lowest BCUT2D eigenvalue weighted by Crippen LogP contribution is -2.52. The van der Waals surface area contributed by atoms with Gasteiger partial charge in [0.2, 0.25) is 0 Å². The van der Waals surface area contributed by atoms with E-state index in [-0.39, 0.29) is 11.9 Å². The number of piperazine rings is 1. The highest BCUT2D eigenvalue weighted by Crippen LogP contribution is 2.20. The zero-order chi connectivity index (χ0) is 22.3. The first kappa shape index (κ1) is 22.3. The van der Waals surface area contributed by atoms with E-state index >= 15 is 0 Å². The molecule has 172 valence electrons. The minimum absolute atomic E-state index is 0.163. The summed E-state index contributed by atoms with van der Waals surface area (Å²) in [5.41, 5.74) is 1.75. The van der Waals surface area contributed by atoms with Crippen molar-refractivity contribution in [2.45, 2.75) is 26.5 Å². The van der Waals surface area contributed by atoms with E-state index in [1.54, 1.807) is 6.07 Å². The molecule has 2 aliphatic heterocycles. The summed E-state index contributed by atoms with van der Waals surface area (Å²) in [6.07, 6.45) is 2.15. The standard InChI is InChI=1S/C24H33FN6O/c1-3-26-24(30-12-10-29(11-13-30)22-7-5-4-6-21(22)25)28-17-20-8-9-23(27-16-20)31-14-15-32-19(2)18-31/h4-9,16,19H,3,10-15,17-18H2,1-2H3,(H,26,28). The Hall–Kier alpha value is -2.87. The molecule has 1 aromatic heterocycles. The Morgan fingerprint density at radius 1 is 1.12 bits per heavy atom. The van der Waals surface area contributed by atoms with Crippen molar-refractivity contribution in [2.24, 2.45) is 4.99 Å². The van der Waals surface area contributed by atoms with E-state index in [2.05, 4.69) is 51.0 Å². The predicted molar refractivity (Wildman–Crippen MR) is 127 cm³/mol. The van der Waals surface area contributed by atoms with Crippen molar-refractivity contribution in [3.8, 4) is 0 Å². The first-order valence-corrected chi connectivity index (χ1v) is 11.5. The number of para-hydroxylation sites is 1. The third kappa shape index (κ3) is 5.48. The van der Waals surface area contributed by atoms with Gasteiger partial charge in [-0.05, 0) is 37.6 Å². The van der Waals surface area contributed by atoms with E-state index in [1.807, 2.05) is 18.3 Å². The van der Waals surface area contributed by atoms with Crippen molar-refractivity contribution in [2.75, 3.05) is 62.2 Å².